The van der Waals surface area contributed by atoms with Gasteiger partial charge in [0.25, 0.3) is 0 Å². The molecule has 1 fully saturated rings. The highest BCUT2D eigenvalue weighted by Crippen LogP contribution is 2.31. The molecule has 0 spiro atoms. The molecule has 5 nitrogen and oxygen atoms in total. The largest absolute Gasteiger partial charge is 0.378 e. The maximum absolute atomic E-state index is 5.52. The third-order valence-corrected chi connectivity index (χ3v) is 5.17. The van der Waals surface area contributed by atoms with Gasteiger partial charge in [0, 0.05) is 37.4 Å². The summed E-state index contributed by atoms with van der Waals surface area (Å²) in [6, 6.07) is 0. The number of hydrogen-bond acceptors (Lipinski definition) is 5. The molecule has 1 saturated heterocycles. The van der Waals surface area contributed by atoms with E-state index >= 15 is 0 Å². The maximum Gasteiger partial charge on any atom is 0.157 e. The molecule has 0 bridgehead atoms. The Morgan fingerprint density at radius 3 is 2.61 bits per heavy atom. The van der Waals surface area contributed by atoms with Crippen LogP contribution in [0.1, 0.15) is 36.3 Å². The van der Waals surface area contributed by atoms with E-state index < -0.39 is 0 Å². The maximum atomic E-state index is 5.52. The highest BCUT2D eigenvalue weighted by atomic mass is 16.5. The molecule has 0 amide bonds. The number of anilines is 1. The molecule has 0 radical (unpaired) electrons. The van der Waals surface area contributed by atoms with Gasteiger partial charge in [-0.15, -0.1) is 0 Å². The molecular weight excluding hydrogens is 288 g/mol. The number of ether oxygens (including phenoxy) is 1. The number of hydrogen-bond donors (Lipinski definition) is 0. The lowest BCUT2D eigenvalue weighted by Crippen LogP contribution is -2.38. The summed E-state index contributed by atoms with van der Waals surface area (Å²) >= 11 is 0. The quantitative estimate of drug-likeness (QED) is 0.834. The molecule has 124 valence electrons. The number of rotatable bonds is 2. The van der Waals surface area contributed by atoms with Crippen molar-refractivity contribution in [1.82, 2.24) is 14.9 Å². The summed E-state index contributed by atoms with van der Waals surface area (Å²) < 4.78 is 5.52. The molecule has 2 aliphatic heterocycles. The van der Waals surface area contributed by atoms with Crippen molar-refractivity contribution in [2.45, 2.75) is 32.1 Å². The molecule has 5 heteroatoms. The van der Waals surface area contributed by atoms with Gasteiger partial charge in [-0.25, -0.2) is 9.97 Å². The fourth-order valence-corrected chi connectivity index (χ4v) is 3.73. The first-order valence-electron chi connectivity index (χ1n) is 8.92. The second-order valence-corrected chi connectivity index (χ2v) is 6.84. The number of fused-ring (bicyclic) bond motifs is 1. The van der Waals surface area contributed by atoms with E-state index in [0.717, 1.165) is 64.5 Å². The van der Waals surface area contributed by atoms with Gasteiger partial charge < -0.3 is 14.5 Å². The van der Waals surface area contributed by atoms with Crippen LogP contribution in [-0.4, -0.2) is 61.3 Å². The van der Waals surface area contributed by atoms with Gasteiger partial charge in [0.15, 0.2) is 5.82 Å². The minimum atomic E-state index is 0.807. The van der Waals surface area contributed by atoms with Crippen LogP contribution in [0.4, 0.5) is 5.82 Å². The zero-order valence-electron chi connectivity index (χ0n) is 14.1. The first kappa shape index (κ1) is 15.1. The molecule has 0 unspecified atom stereocenters. The number of aromatic nitrogens is 2. The topological polar surface area (TPSA) is 41.5 Å². The SMILES string of the molecule is CN1CC=C(c2nc3c(c(N4CCOCC4)n2)CCCC3)CC1. The smallest absolute Gasteiger partial charge is 0.157 e. The summed E-state index contributed by atoms with van der Waals surface area (Å²) in [5, 5.41) is 0. The van der Waals surface area contributed by atoms with Gasteiger partial charge >= 0.3 is 0 Å². The average Bonchev–Trinajstić information content (AvgIpc) is 2.62. The fraction of sp³-hybridized carbons (Fsp3) is 0.667. The predicted molar refractivity (Wildman–Crippen MR) is 91.8 cm³/mol. The van der Waals surface area contributed by atoms with Crippen molar-refractivity contribution in [3.8, 4) is 0 Å². The highest BCUT2D eigenvalue weighted by Gasteiger charge is 2.24. The second-order valence-electron chi connectivity index (χ2n) is 6.84. The van der Waals surface area contributed by atoms with Crippen molar-refractivity contribution in [3.05, 3.63) is 23.2 Å². The van der Waals surface area contributed by atoms with Crippen LogP contribution in [0.5, 0.6) is 0 Å². The molecule has 23 heavy (non-hydrogen) atoms. The molecular formula is C18H26N4O. The molecule has 3 heterocycles. The second kappa shape index (κ2) is 6.57. The Bertz CT molecular complexity index is 607. The van der Waals surface area contributed by atoms with Crippen molar-refractivity contribution < 1.29 is 4.74 Å². The van der Waals surface area contributed by atoms with Gasteiger partial charge in [-0.3, -0.25) is 0 Å². The Labute approximate surface area is 138 Å². The highest BCUT2D eigenvalue weighted by molar-refractivity contribution is 5.64. The summed E-state index contributed by atoms with van der Waals surface area (Å²) in [5.74, 6) is 2.16. The summed E-state index contributed by atoms with van der Waals surface area (Å²) in [5.41, 5.74) is 4.02. The van der Waals surface area contributed by atoms with Crippen LogP contribution in [-0.2, 0) is 17.6 Å². The van der Waals surface area contributed by atoms with Gasteiger partial charge in [-0.2, -0.15) is 0 Å². The van der Waals surface area contributed by atoms with Crippen LogP contribution in [0.3, 0.4) is 0 Å². The lowest BCUT2D eigenvalue weighted by molar-refractivity contribution is 0.122. The van der Waals surface area contributed by atoms with Crippen molar-refractivity contribution in [1.29, 1.82) is 0 Å². The van der Waals surface area contributed by atoms with Crippen LogP contribution in [0.2, 0.25) is 0 Å². The lowest BCUT2D eigenvalue weighted by atomic mass is 9.95. The Hall–Kier alpha value is -1.46. The molecule has 0 N–H and O–H groups in total. The molecule has 1 aliphatic carbocycles. The molecule has 0 saturated carbocycles. The first-order chi connectivity index (χ1) is 11.3. The van der Waals surface area contributed by atoms with Crippen molar-refractivity contribution in [2.75, 3.05) is 51.3 Å². The number of nitrogens with zero attached hydrogens (tertiary/aromatic N) is 4. The molecule has 0 atom stereocenters. The normalized spacial score (nSPS) is 22.7. The van der Waals surface area contributed by atoms with Crippen LogP contribution in [0.25, 0.3) is 5.57 Å². The Morgan fingerprint density at radius 2 is 1.83 bits per heavy atom. The first-order valence-corrected chi connectivity index (χ1v) is 8.92. The summed E-state index contributed by atoms with van der Waals surface area (Å²) in [7, 11) is 2.17. The van der Waals surface area contributed by atoms with E-state index in [9.17, 15) is 0 Å². The molecule has 1 aromatic rings. The molecule has 1 aromatic heterocycles. The van der Waals surface area contributed by atoms with Crippen molar-refractivity contribution in [2.24, 2.45) is 0 Å². The van der Waals surface area contributed by atoms with Gasteiger partial charge in [0.2, 0.25) is 0 Å². The summed E-state index contributed by atoms with van der Waals surface area (Å²) in [6.07, 6.45) is 8.11. The summed E-state index contributed by atoms with van der Waals surface area (Å²) in [6.45, 7) is 5.61. The number of likely N-dealkylation sites (N-methyl/N-ethyl adjacent to an activating group) is 1. The van der Waals surface area contributed by atoms with E-state index in [1.165, 1.54) is 35.5 Å². The van der Waals surface area contributed by atoms with Crippen LogP contribution in [0, 0.1) is 0 Å². The monoisotopic (exact) mass is 314 g/mol. The van der Waals surface area contributed by atoms with E-state index in [-0.39, 0.29) is 0 Å². The average molecular weight is 314 g/mol. The number of morpholine rings is 1. The standard InChI is InChI=1S/C18H26N4O/c1-21-8-6-14(7-9-21)17-19-16-5-3-2-4-15(16)18(20-17)22-10-12-23-13-11-22/h6H,2-5,7-13H2,1H3. The van der Waals surface area contributed by atoms with Crippen LogP contribution in [0.15, 0.2) is 6.08 Å². The van der Waals surface area contributed by atoms with E-state index in [0.29, 0.717) is 0 Å². The third-order valence-electron chi connectivity index (χ3n) is 5.17. The molecule has 4 rings (SSSR count). The van der Waals surface area contributed by atoms with Crippen molar-refractivity contribution in [3.63, 3.8) is 0 Å². The van der Waals surface area contributed by atoms with E-state index in [1.807, 2.05) is 0 Å². The van der Waals surface area contributed by atoms with Gasteiger partial charge in [0.05, 0.1) is 13.2 Å². The Morgan fingerprint density at radius 1 is 1.00 bits per heavy atom. The van der Waals surface area contributed by atoms with Crippen LogP contribution >= 0.6 is 0 Å². The molecule has 0 aromatic carbocycles. The summed E-state index contributed by atoms with van der Waals surface area (Å²) in [4.78, 5) is 14.7. The zero-order valence-corrected chi connectivity index (χ0v) is 14.1. The van der Waals surface area contributed by atoms with Gasteiger partial charge in [-0.1, -0.05) is 6.08 Å². The minimum absolute atomic E-state index is 0.807. The van der Waals surface area contributed by atoms with E-state index in [4.69, 9.17) is 14.7 Å². The Balaban J connectivity index is 1.72. The van der Waals surface area contributed by atoms with Gasteiger partial charge in [-0.05, 0) is 44.7 Å². The van der Waals surface area contributed by atoms with E-state index in [2.05, 4.69) is 22.9 Å². The third kappa shape index (κ3) is 3.12. The predicted octanol–water partition coefficient (Wildman–Crippen LogP) is 1.91. The number of aryl methyl sites for hydroxylation is 1. The Kier molecular flexibility index (Phi) is 4.31. The van der Waals surface area contributed by atoms with E-state index in [1.54, 1.807) is 0 Å². The van der Waals surface area contributed by atoms with Gasteiger partial charge in [0.1, 0.15) is 5.82 Å². The lowest BCUT2D eigenvalue weighted by Gasteiger charge is -2.32. The zero-order chi connectivity index (χ0) is 15.6. The van der Waals surface area contributed by atoms with Crippen LogP contribution < -0.4 is 4.90 Å². The molecule has 3 aliphatic rings. The fourth-order valence-electron chi connectivity index (χ4n) is 3.73. The minimum Gasteiger partial charge on any atom is -0.378 e. The van der Waals surface area contributed by atoms with Crippen molar-refractivity contribution >= 4 is 11.4 Å².